The van der Waals surface area contributed by atoms with Crippen molar-refractivity contribution in [2.75, 3.05) is 12.4 Å². The number of halogens is 1. The molecule has 1 unspecified atom stereocenters. The van der Waals surface area contributed by atoms with Crippen molar-refractivity contribution in [1.29, 1.82) is 0 Å². The van der Waals surface area contributed by atoms with Crippen LogP contribution in [0, 0.1) is 0 Å². The van der Waals surface area contributed by atoms with E-state index < -0.39 is 0 Å². The third-order valence-corrected chi connectivity index (χ3v) is 5.74. The van der Waals surface area contributed by atoms with Crippen LogP contribution in [0.4, 0.5) is 5.69 Å². The van der Waals surface area contributed by atoms with Gasteiger partial charge in [-0.25, -0.2) is 4.98 Å². The van der Waals surface area contributed by atoms with Crippen molar-refractivity contribution in [3.63, 3.8) is 0 Å². The molecule has 158 valence electrons. The van der Waals surface area contributed by atoms with Crippen LogP contribution >= 0.6 is 11.6 Å². The van der Waals surface area contributed by atoms with E-state index in [-0.39, 0.29) is 5.91 Å². The summed E-state index contributed by atoms with van der Waals surface area (Å²) in [6.45, 7) is 4.36. The number of carbonyl (C=O) groups is 1. The highest BCUT2D eigenvalue weighted by Gasteiger charge is 2.14. The molecule has 1 heterocycles. The highest BCUT2D eigenvalue weighted by atomic mass is 35.5. The van der Waals surface area contributed by atoms with Crippen LogP contribution in [0.1, 0.15) is 42.1 Å². The van der Waals surface area contributed by atoms with E-state index in [2.05, 4.69) is 36.3 Å². The number of hydrogen-bond acceptors (Lipinski definition) is 4. The number of carbonyl (C=O) groups excluding carboxylic acids is 1. The molecule has 3 aromatic carbocycles. The fourth-order valence-corrected chi connectivity index (χ4v) is 3.47. The Balaban J connectivity index is 1.61. The largest absolute Gasteiger partial charge is 0.497 e. The summed E-state index contributed by atoms with van der Waals surface area (Å²) in [4.78, 5) is 17.3. The number of rotatable bonds is 6. The van der Waals surface area contributed by atoms with Crippen LogP contribution in [-0.4, -0.2) is 18.0 Å². The molecule has 0 aliphatic carbocycles. The SMILES string of the molecule is CCC(C)c1ccc2oc(-c3ccc(Cl)c(NC(=O)c4ccc(OC)cc4)c3)nc2c1. The summed E-state index contributed by atoms with van der Waals surface area (Å²) in [6, 6.07) is 18.3. The normalized spacial score (nSPS) is 12.0. The zero-order chi connectivity index (χ0) is 22.0. The van der Waals surface area contributed by atoms with Crippen molar-refractivity contribution in [1.82, 2.24) is 4.98 Å². The van der Waals surface area contributed by atoms with Gasteiger partial charge in [0.05, 0.1) is 17.8 Å². The maximum Gasteiger partial charge on any atom is 0.255 e. The number of methoxy groups -OCH3 is 1. The number of fused-ring (bicyclic) bond motifs is 1. The van der Waals surface area contributed by atoms with Crippen LogP contribution in [0.15, 0.2) is 65.1 Å². The molecule has 1 atom stereocenters. The maximum atomic E-state index is 12.6. The first kappa shape index (κ1) is 20.9. The minimum absolute atomic E-state index is 0.266. The average molecular weight is 435 g/mol. The van der Waals surface area contributed by atoms with Gasteiger partial charge in [-0.05, 0) is 72.5 Å². The Bertz CT molecular complexity index is 1230. The number of ether oxygens (including phenoxy) is 1. The molecule has 1 N–H and O–H groups in total. The van der Waals surface area contributed by atoms with E-state index in [4.69, 9.17) is 20.8 Å². The smallest absolute Gasteiger partial charge is 0.255 e. The molecule has 0 spiro atoms. The van der Waals surface area contributed by atoms with E-state index in [0.29, 0.717) is 33.8 Å². The number of benzene rings is 3. The quantitative estimate of drug-likeness (QED) is 0.357. The van der Waals surface area contributed by atoms with Crippen molar-refractivity contribution in [3.8, 4) is 17.2 Å². The van der Waals surface area contributed by atoms with Gasteiger partial charge in [0.25, 0.3) is 5.91 Å². The molecule has 4 rings (SSSR count). The molecule has 0 aliphatic rings. The fourth-order valence-electron chi connectivity index (χ4n) is 3.30. The maximum absolute atomic E-state index is 12.6. The third-order valence-electron chi connectivity index (χ3n) is 5.41. The van der Waals surface area contributed by atoms with Gasteiger partial charge in [-0.1, -0.05) is 31.5 Å². The van der Waals surface area contributed by atoms with E-state index in [1.54, 1.807) is 43.5 Å². The predicted octanol–water partition coefficient (Wildman–Crippen LogP) is 6.92. The predicted molar refractivity (Wildman–Crippen MR) is 124 cm³/mol. The van der Waals surface area contributed by atoms with Crippen LogP contribution in [0.2, 0.25) is 5.02 Å². The Hall–Kier alpha value is -3.31. The lowest BCUT2D eigenvalue weighted by Crippen LogP contribution is -2.12. The number of oxazole rings is 1. The second-order valence-corrected chi connectivity index (χ2v) is 7.84. The molecule has 0 saturated carbocycles. The second kappa shape index (κ2) is 8.82. The molecular weight excluding hydrogens is 412 g/mol. The number of nitrogens with zero attached hydrogens (tertiary/aromatic N) is 1. The molecule has 0 radical (unpaired) electrons. The van der Waals surface area contributed by atoms with Crippen LogP contribution in [0.3, 0.4) is 0 Å². The molecular formula is C25H23ClN2O3. The average Bonchev–Trinajstić information content (AvgIpc) is 3.23. The van der Waals surface area contributed by atoms with Gasteiger partial charge in [-0.3, -0.25) is 4.79 Å². The van der Waals surface area contributed by atoms with E-state index in [1.807, 2.05) is 12.1 Å². The third kappa shape index (κ3) is 4.42. The van der Waals surface area contributed by atoms with Gasteiger partial charge in [0.1, 0.15) is 11.3 Å². The Kier molecular flexibility index (Phi) is 5.96. The molecule has 6 heteroatoms. The van der Waals surface area contributed by atoms with Crippen molar-refractivity contribution in [2.24, 2.45) is 0 Å². The molecule has 0 aliphatic heterocycles. The number of amides is 1. The van der Waals surface area contributed by atoms with Crippen LogP contribution < -0.4 is 10.1 Å². The van der Waals surface area contributed by atoms with Gasteiger partial charge >= 0.3 is 0 Å². The summed E-state index contributed by atoms with van der Waals surface area (Å²) < 4.78 is 11.1. The lowest BCUT2D eigenvalue weighted by molar-refractivity contribution is 0.102. The Morgan fingerprint density at radius 1 is 1.13 bits per heavy atom. The van der Waals surface area contributed by atoms with Crippen LogP contribution in [0.5, 0.6) is 5.75 Å². The first-order chi connectivity index (χ1) is 15.0. The molecule has 4 aromatic rings. The Morgan fingerprint density at radius 3 is 2.61 bits per heavy atom. The molecule has 1 aromatic heterocycles. The summed E-state index contributed by atoms with van der Waals surface area (Å²) in [5.74, 6) is 1.36. The minimum Gasteiger partial charge on any atom is -0.497 e. The Morgan fingerprint density at radius 2 is 1.90 bits per heavy atom. The first-order valence-electron chi connectivity index (χ1n) is 10.1. The van der Waals surface area contributed by atoms with Crippen molar-refractivity contribution >= 4 is 34.3 Å². The lowest BCUT2D eigenvalue weighted by Gasteiger charge is -2.09. The molecule has 31 heavy (non-hydrogen) atoms. The Labute approximate surface area is 186 Å². The van der Waals surface area contributed by atoms with Crippen molar-refractivity contribution in [2.45, 2.75) is 26.2 Å². The van der Waals surface area contributed by atoms with E-state index in [1.165, 1.54) is 5.56 Å². The summed E-state index contributed by atoms with van der Waals surface area (Å²) in [5.41, 5.74) is 4.49. The van der Waals surface area contributed by atoms with Gasteiger partial charge < -0.3 is 14.5 Å². The summed E-state index contributed by atoms with van der Waals surface area (Å²) in [5, 5.41) is 3.29. The van der Waals surface area contributed by atoms with Crippen LogP contribution in [0.25, 0.3) is 22.6 Å². The second-order valence-electron chi connectivity index (χ2n) is 7.43. The molecule has 0 saturated heterocycles. The van der Waals surface area contributed by atoms with Gasteiger partial charge in [-0.2, -0.15) is 0 Å². The fraction of sp³-hybridized carbons (Fsp3) is 0.200. The number of aromatic nitrogens is 1. The van der Waals surface area contributed by atoms with Gasteiger partial charge in [0.15, 0.2) is 5.58 Å². The summed E-state index contributed by atoms with van der Waals surface area (Å²) in [6.07, 6.45) is 1.06. The lowest BCUT2D eigenvalue weighted by atomic mass is 9.98. The molecule has 5 nitrogen and oxygen atoms in total. The minimum atomic E-state index is -0.266. The van der Waals surface area contributed by atoms with Gasteiger partial charge in [0.2, 0.25) is 5.89 Å². The zero-order valence-corrected chi connectivity index (χ0v) is 18.4. The van der Waals surface area contributed by atoms with Crippen molar-refractivity contribution < 1.29 is 13.9 Å². The van der Waals surface area contributed by atoms with Gasteiger partial charge in [0, 0.05) is 11.1 Å². The summed E-state index contributed by atoms with van der Waals surface area (Å²) >= 11 is 6.33. The molecule has 0 bridgehead atoms. The topological polar surface area (TPSA) is 64.4 Å². The molecule has 1 amide bonds. The zero-order valence-electron chi connectivity index (χ0n) is 17.6. The standard InChI is InChI=1S/C25H23ClN2O3/c1-4-15(2)17-8-12-23-22(13-17)28-25(31-23)18-7-11-20(26)21(14-18)27-24(29)16-5-9-19(30-3)10-6-16/h5-15H,4H2,1-3H3,(H,27,29). The highest BCUT2D eigenvalue weighted by molar-refractivity contribution is 6.34. The highest BCUT2D eigenvalue weighted by Crippen LogP contribution is 2.32. The summed E-state index contributed by atoms with van der Waals surface area (Å²) in [7, 11) is 1.58. The number of nitrogens with one attached hydrogen (secondary N) is 1. The monoisotopic (exact) mass is 434 g/mol. The van der Waals surface area contributed by atoms with E-state index >= 15 is 0 Å². The molecule has 0 fully saturated rings. The number of anilines is 1. The number of hydrogen-bond donors (Lipinski definition) is 1. The van der Waals surface area contributed by atoms with Crippen molar-refractivity contribution in [3.05, 3.63) is 76.8 Å². The first-order valence-corrected chi connectivity index (χ1v) is 10.5. The van der Waals surface area contributed by atoms with Gasteiger partial charge in [-0.15, -0.1) is 0 Å². The van der Waals surface area contributed by atoms with Crippen LogP contribution in [-0.2, 0) is 0 Å². The van der Waals surface area contributed by atoms with E-state index in [0.717, 1.165) is 23.1 Å². The van der Waals surface area contributed by atoms with E-state index in [9.17, 15) is 4.79 Å².